The molecule has 0 atom stereocenters. The van der Waals surface area contributed by atoms with Crippen LogP contribution in [-0.4, -0.2) is 33.6 Å². The van der Waals surface area contributed by atoms with Crippen molar-refractivity contribution < 1.29 is 14.1 Å². The van der Waals surface area contributed by atoms with Crippen LogP contribution in [0.25, 0.3) is 11.4 Å². The molecule has 7 heteroatoms. The maximum Gasteiger partial charge on any atom is 0.254 e. The number of carbonyl (C=O) groups is 1. The minimum Gasteiger partial charge on any atom is -0.491 e. The fraction of sp³-hybridized carbons (Fsp3) is 0.227. The van der Waals surface area contributed by atoms with E-state index in [0.717, 1.165) is 5.56 Å². The fourth-order valence-corrected chi connectivity index (χ4v) is 2.86. The molecule has 0 radical (unpaired) electrons. The molecule has 1 heterocycles. The summed E-state index contributed by atoms with van der Waals surface area (Å²) in [5, 5.41) is 4.62. The molecule has 150 valence electrons. The van der Waals surface area contributed by atoms with Crippen molar-refractivity contribution in [1.29, 1.82) is 0 Å². The summed E-state index contributed by atoms with van der Waals surface area (Å²) in [4.78, 5) is 19.0. The van der Waals surface area contributed by atoms with Crippen LogP contribution in [0.15, 0.2) is 65.7 Å². The van der Waals surface area contributed by atoms with Crippen LogP contribution in [0, 0.1) is 0 Å². The van der Waals surface area contributed by atoms with Gasteiger partial charge in [-0.2, -0.15) is 4.98 Å². The van der Waals surface area contributed by atoms with Gasteiger partial charge in [0.05, 0.1) is 6.10 Å². The van der Waals surface area contributed by atoms with Gasteiger partial charge < -0.3 is 14.2 Å². The van der Waals surface area contributed by atoms with Crippen molar-refractivity contribution in [3.8, 4) is 17.1 Å². The van der Waals surface area contributed by atoms with Crippen molar-refractivity contribution >= 4 is 17.5 Å². The van der Waals surface area contributed by atoms with Crippen LogP contribution in [0.3, 0.4) is 0 Å². The lowest BCUT2D eigenvalue weighted by molar-refractivity contribution is 0.0744. The van der Waals surface area contributed by atoms with E-state index in [4.69, 9.17) is 20.9 Å². The number of nitrogens with zero attached hydrogens (tertiary/aromatic N) is 3. The molecule has 0 aliphatic carbocycles. The molecular formula is C22H22ClN3O3. The van der Waals surface area contributed by atoms with Gasteiger partial charge in [-0.3, -0.25) is 4.79 Å². The average Bonchev–Trinajstić information content (AvgIpc) is 3.16. The number of hydrogen-bond donors (Lipinski definition) is 0. The quantitative estimate of drug-likeness (QED) is 0.487. The Labute approximate surface area is 174 Å². The Kier molecular flexibility index (Phi) is 6.67. The van der Waals surface area contributed by atoms with Crippen molar-refractivity contribution in [2.75, 3.05) is 6.54 Å². The van der Waals surface area contributed by atoms with E-state index in [1.54, 1.807) is 41.3 Å². The van der Waals surface area contributed by atoms with Crippen LogP contribution in [0.5, 0.6) is 5.75 Å². The van der Waals surface area contributed by atoms with Crippen LogP contribution < -0.4 is 4.74 Å². The zero-order valence-electron chi connectivity index (χ0n) is 16.3. The highest BCUT2D eigenvalue weighted by Crippen LogP contribution is 2.20. The van der Waals surface area contributed by atoms with E-state index in [2.05, 4.69) is 16.7 Å². The van der Waals surface area contributed by atoms with Crippen LogP contribution in [0.2, 0.25) is 5.02 Å². The van der Waals surface area contributed by atoms with Crippen molar-refractivity contribution in [3.05, 3.63) is 77.7 Å². The van der Waals surface area contributed by atoms with Crippen molar-refractivity contribution in [2.45, 2.75) is 26.5 Å². The normalized spacial score (nSPS) is 10.8. The lowest BCUT2D eigenvalue weighted by Gasteiger charge is -2.19. The number of rotatable bonds is 8. The molecule has 0 N–H and O–H groups in total. The molecule has 0 saturated heterocycles. The van der Waals surface area contributed by atoms with E-state index in [-0.39, 0.29) is 18.6 Å². The summed E-state index contributed by atoms with van der Waals surface area (Å²) in [5.41, 5.74) is 1.30. The van der Waals surface area contributed by atoms with Gasteiger partial charge in [0.15, 0.2) is 0 Å². The SMILES string of the molecule is C=CCN(Cc1nc(-c2ccc(Cl)cc2)no1)C(=O)c1cccc(OC(C)C)c1. The second-order valence-corrected chi connectivity index (χ2v) is 7.12. The number of carbonyl (C=O) groups excluding carboxylic acids is 1. The predicted octanol–water partition coefficient (Wildman–Crippen LogP) is 5.01. The van der Waals surface area contributed by atoms with E-state index in [9.17, 15) is 4.79 Å². The van der Waals surface area contributed by atoms with Gasteiger partial charge in [-0.25, -0.2) is 0 Å². The van der Waals surface area contributed by atoms with Crippen molar-refractivity contribution in [1.82, 2.24) is 15.0 Å². The molecule has 0 fully saturated rings. The Morgan fingerprint density at radius 2 is 2.03 bits per heavy atom. The van der Waals surface area contributed by atoms with Crippen LogP contribution in [0.4, 0.5) is 0 Å². The molecule has 1 amide bonds. The summed E-state index contributed by atoms with van der Waals surface area (Å²) >= 11 is 5.91. The third-order valence-corrected chi connectivity index (χ3v) is 4.24. The summed E-state index contributed by atoms with van der Waals surface area (Å²) < 4.78 is 11.0. The zero-order chi connectivity index (χ0) is 20.8. The lowest BCUT2D eigenvalue weighted by atomic mass is 10.2. The molecule has 0 aliphatic heterocycles. The van der Waals surface area contributed by atoms with Crippen molar-refractivity contribution in [3.63, 3.8) is 0 Å². The minimum absolute atomic E-state index is 0.0225. The van der Waals surface area contributed by atoms with Crippen molar-refractivity contribution in [2.24, 2.45) is 0 Å². The molecule has 0 bridgehead atoms. The first-order valence-corrected chi connectivity index (χ1v) is 9.59. The standard InChI is InChI=1S/C22H22ClN3O3/c1-4-12-26(22(27)17-6-5-7-19(13-17)28-15(2)3)14-20-24-21(25-29-20)16-8-10-18(23)11-9-16/h4-11,13,15H,1,12,14H2,2-3H3. The Balaban J connectivity index is 1.77. The van der Waals surface area contributed by atoms with Crippen LogP contribution in [0.1, 0.15) is 30.1 Å². The molecular weight excluding hydrogens is 390 g/mol. The predicted molar refractivity (Wildman–Crippen MR) is 112 cm³/mol. The smallest absolute Gasteiger partial charge is 0.254 e. The highest BCUT2D eigenvalue weighted by Gasteiger charge is 2.19. The van der Waals surface area contributed by atoms with Gasteiger partial charge in [-0.05, 0) is 56.3 Å². The Bertz CT molecular complexity index is 983. The first-order chi connectivity index (χ1) is 14.0. The second kappa shape index (κ2) is 9.39. The monoisotopic (exact) mass is 411 g/mol. The fourth-order valence-electron chi connectivity index (χ4n) is 2.73. The topological polar surface area (TPSA) is 68.5 Å². The number of halogens is 1. The van der Waals surface area contributed by atoms with Gasteiger partial charge >= 0.3 is 0 Å². The molecule has 1 aromatic heterocycles. The largest absolute Gasteiger partial charge is 0.491 e. The van der Waals surface area contributed by atoms with E-state index in [1.165, 1.54) is 0 Å². The maximum absolute atomic E-state index is 13.0. The van der Waals surface area contributed by atoms with Crippen LogP contribution in [-0.2, 0) is 6.54 Å². The Morgan fingerprint density at radius 1 is 1.28 bits per heavy atom. The molecule has 2 aromatic carbocycles. The summed E-state index contributed by atoms with van der Waals surface area (Å²) in [7, 11) is 0. The molecule has 3 aromatic rings. The Morgan fingerprint density at radius 3 is 2.72 bits per heavy atom. The minimum atomic E-state index is -0.176. The van der Waals surface area contributed by atoms with Gasteiger partial charge in [-0.1, -0.05) is 28.9 Å². The van der Waals surface area contributed by atoms with E-state index in [0.29, 0.717) is 34.6 Å². The molecule has 6 nitrogen and oxygen atoms in total. The number of benzene rings is 2. The van der Waals surface area contributed by atoms with Gasteiger partial charge in [0.1, 0.15) is 12.3 Å². The Hall–Kier alpha value is -3.12. The maximum atomic E-state index is 13.0. The van der Waals surface area contributed by atoms with Gasteiger partial charge in [-0.15, -0.1) is 6.58 Å². The summed E-state index contributed by atoms with van der Waals surface area (Å²) in [5.74, 6) is 1.24. The number of hydrogen-bond acceptors (Lipinski definition) is 5. The number of amides is 1. The van der Waals surface area contributed by atoms with E-state index in [1.807, 2.05) is 32.0 Å². The zero-order valence-corrected chi connectivity index (χ0v) is 17.1. The van der Waals surface area contributed by atoms with Gasteiger partial charge in [0.25, 0.3) is 5.91 Å². The van der Waals surface area contributed by atoms with Gasteiger partial charge in [0.2, 0.25) is 11.7 Å². The molecule has 3 rings (SSSR count). The molecule has 0 saturated carbocycles. The molecule has 0 spiro atoms. The highest BCUT2D eigenvalue weighted by molar-refractivity contribution is 6.30. The molecule has 29 heavy (non-hydrogen) atoms. The average molecular weight is 412 g/mol. The van der Waals surface area contributed by atoms with Gasteiger partial charge in [0, 0.05) is 22.7 Å². The molecule has 0 unspecified atom stereocenters. The van der Waals surface area contributed by atoms with E-state index >= 15 is 0 Å². The lowest BCUT2D eigenvalue weighted by Crippen LogP contribution is -2.30. The summed E-state index contributed by atoms with van der Waals surface area (Å²) in [6, 6.07) is 14.2. The van der Waals surface area contributed by atoms with E-state index < -0.39 is 0 Å². The number of ether oxygens (including phenoxy) is 1. The first kappa shape index (κ1) is 20.6. The first-order valence-electron chi connectivity index (χ1n) is 9.21. The summed E-state index contributed by atoms with van der Waals surface area (Å²) in [6.07, 6.45) is 1.68. The highest BCUT2D eigenvalue weighted by atomic mass is 35.5. The third-order valence-electron chi connectivity index (χ3n) is 3.99. The van der Waals surface area contributed by atoms with Crippen LogP contribution >= 0.6 is 11.6 Å². The third kappa shape index (κ3) is 5.45. The number of aromatic nitrogens is 2. The summed E-state index contributed by atoms with van der Waals surface area (Å²) in [6.45, 7) is 8.12. The second-order valence-electron chi connectivity index (χ2n) is 6.69. The molecule has 0 aliphatic rings.